The van der Waals surface area contributed by atoms with E-state index in [1.165, 1.54) is 0 Å². The highest BCUT2D eigenvalue weighted by atomic mass is 19.4. The number of nitrogens with zero attached hydrogens (tertiary/aromatic N) is 1. The first kappa shape index (κ1) is 13.1. The number of halogens is 3. The molecule has 0 amide bonds. The van der Waals surface area contributed by atoms with Crippen molar-refractivity contribution in [3.8, 4) is 0 Å². The van der Waals surface area contributed by atoms with E-state index in [4.69, 9.17) is 0 Å². The fourth-order valence-electron chi connectivity index (χ4n) is 2.65. The Balaban J connectivity index is 1.91. The molecule has 0 aromatic rings. The van der Waals surface area contributed by atoms with E-state index in [0.717, 1.165) is 25.8 Å². The standard InChI is InChI=1S/C11H20F3N3/c12-11(13,14)10-7-15-5-6-17(10)8-9-3-1-2-4-16-9/h9-10,15-16H,1-8H2. The molecule has 2 atom stereocenters. The van der Waals surface area contributed by atoms with Crippen molar-refractivity contribution in [3.05, 3.63) is 0 Å². The van der Waals surface area contributed by atoms with Crippen LogP contribution in [0.5, 0.6) is 0 Å². The first-order valence-electron chi connectivity index (χ1n) is 6.32. The molecule has 0 spiro atoms. The summed E-state index contributed by atoms with van der Waals surface area (Å²) in [6, 6.07) is -1.09. The first-order valence-corrected chi connectivity index (χ1v) is 6.32. The second kappa shape index (κ2) is 5.54. The molecule has 2 aliphatic heterocycles. The van der Waals surface area contributed by atoms with Gasteiger partial charge in [-0.2, -0.15) is 13.2 Å². The van der Waals surface area contributed by atoms with Gasteiger partial charge in [0.15, 0.2) is 0 Å². The lowest BCUT2D eigenvalue weighted by Crippen LogP contribution is -2.60. The van der Waals surface area contributed by atoms with Gasteiger partial charge in [0.1, 0.15) is 6.04 Å². The summed E-state index contributed by atoms with van der Waals surface area (Å²) in [6.45, 7) is 2.62. The van der Waals surface area contributed by atoms with Crippen molar-refractivity contribution in [2.24, 2.45) is 0 Å². The second-order valence-electron chi connectivity index (χ2n) is 4.90. The van der Waals surface area contributed by atoms with Crippen LogP contribution in [0.4, 0.5) is 13.2 Å². The molecule has 0 bridgehead atoms. The summed E-state index contributed by atoms with van der Waals surface area (Å²) in [5, 5.41) is 6.14. The van der Waals surface area contributed by atoms with Gasteiger partial charge >= 0.3 is 6.18 Å². The number of nitrogens with one attached hydrogen (secondary N) is 2. The van der Waals surface area contributed by atoms with Gasteiger partial charge in [0.2, 0.25) is 0 Å². The molecule has 17 heavy (non-hydrogen) atoms. The highest BCUT2D eigenvalue weighted by Gasteiger charge is 2.44. The molecule has 2 N–H and O–H groups in total. The average Bonchev–Trinajstić information content (AvgIpc) is 2.30. The zero-order valence-corrected chi connectivity index (χ0v) is 9.89. The Morgan fingerprint density at radius 2 is 2.00 bits per heavy atom. The van der Waals surface area contributed by atoms with Gasteiger partial charge in [0, 0.05) is 32.2 Å². The van der Waals surface area contributed by atoms with Crippen LogP contribution < -0.4 is 10.6 Å². The first-order chi connectivity index (χ1) is 8.07. The molecular weight excluding hydrogens is 231 g/mol. The van der Waals surface area contributed by atoms with Crippen molar-refractivity contribution in [1.29, 1.82) is 0 Å². The Bertz CT molecular complexity index is 239. The molecule has 2 rings (SSSR count). The molecule has 2 heterocycles. The van der Waals surface area contributed by atoms with Crippen LogP contribution >= 0.6 is 0 Å². The highest BCUT2D eigenvalue weighted by molar-refractivity contribution is 4.88. The zero-order valence-electron chi connectivity index (χ0n) is 9.89. The zero-order chi connectivity index (χ0) is 12.3. The molecule has 0 aliphatic carbocycles. The summed E-state index contributed by atoms with van der Waals surface area (Å²) in [4.78, 5) is 1.58. The maximum absolute atomic E-state index is 12.8. The van der Waals surface area contributed by atoms with E-state index in [1.54, 1.807) is 4.90 Å². The highest BCUT2D eigenvalue weighted by Crippen LogP contribution is 2.26. The summed E-state index contributed by atoms with van der Waals surface area (Å²) in [7, 11) is 0. The fraction of sp³-hybridized carbons (Fsp3) is 1.00. The largest absolute Gasteiger partial charge is 0.405 e. The summed E-state index contributed by atoms with van der Waals surface area (Å²) in [6.07, 6.45) is -0.863. The van der Waals surface area contributed by atoms with Crippen molar-refractivity contribution in [3.63, 3.8) is 0 Å². The van der Waals surface area contributed by atoms with Crippen molar-refractivity contribution >= 4 is 0 Å². The summed E-state index contributed by atoms with van der Waals surface area (Å²) < 4.78 is 38.5. The molecule has 0 saturated carbocycles. The number of hydrogen-bond donors (Lipinski definition) is 2. The minimum Gasteiger partial charge on any atom is -0.314 e. The third-order valence-corrected chi connectivity index (χ3v) is 3.60. The topological polar surface area (TPSA) is 27.3 Å². The summed E-state index contributed by atoms with van der Waals surface area (Å²) in [5.41, 5.74) is 0. The maximum Gasteiger partial charge on any atom is 0.405 e. The third-order valence-electron chi connectivity index (χ3n) is 3.60. The quantitative estimate of drug-likeness (QED) is 0.765. The van der Waals surface area contributed by atoms with E-state index >= 15 is 0 Å². The van der Waals surface area contributed by atoms with E-state index < -0.39 is 12.2 Å². The predicted molar refractivity (Wildman–Crippen MR) is 59.9 cm³/mol. The number of piperazine rings is 1. The Kier molecular flexibility index (Phi) is 4.27. The van der Waals surface area contributed by atoms with E-state index in [0.29, 0.717) is 19.6 Å². The van der Waals surface area contributed by atoms with Gasteiger partial charge in [-0.05, 0) is 19.4 Å². The lowest BCUT2D eigenvalue weighted by atomic mass is 10.0. The Morgan fingerprint density at radius 1 is 1.18 bits per heavy atom. The lowest BCUT2D eigenvalue weighted by Gasteiger charge is -2.39. The summed E-state index contributed by atoms with van der Waals surface area (Å²) >= 11 is 0. The van der Waals surface area contributed by atoms with Crippen LogP contribution in [0.25, 0.3) is 0 Å². The van der Waals surface area contributed by atoms with Gasteiger partial charge in [0.05, 0.1) is 0 Å². The van der Waals surface area contributed by atoms with Crippen LogP contribution in [0.2, 0.25) is 0 Å². The Hall–Kier alpha value is -0.330. The van der Waals surface area contributed by atoms with E-state index in [1.807, 2.05) is 0 Å². The van der Waals surface area contributed by atoms with E-state index in [2.05, 4.69) is 10.6 Å². The van der Waals surface area contributed by atoms with Gasteiger partial charge in [-0.3, -0.25) is 4.90 Å². The molecule has 0 radical (unpaired) electrons. The van der Waals surface area contributed by atoms with Gasteiger partial charge in [-0.25, -0.2) is 0 Å². The number of rotatable bonds is 2. The number of alkyl halides is 3. The Labute approximate surface area is 99.7 Å². The van der Waals surface area contributed by atoms with Crippen LogP contribution in [0.15, 0.2) is 0 Å². The van der Waals surface area contributed by atoms with Crippen LogP contribution in [-0.2, 0) is 0 Å². The lowest BCUT2D eigenvalue weighted by molar-refractivity contribution is -0.187. The van der Waals surface area contributed by atoms with Crippen LogP contribution in [-0.4, -0.2) is 55.9 Å². The van der Waals surface area contributed by atoms with Gasteiger partial charge in [-0.15, -0.1) is 0 Å². The molecule has 2 fully saturated rings. The normalized spacial score (nSPS) is 32.6. The van der Waals surface area contributed by atoms with Gasteiger partial charge in [-0.1, -0.05) is 6.42 Å². The van der Waals surface area contributed by atoms with Crippen LogP contribution in [0.1, 0.15) is 19.3 Å². The minimum absolute atomic E-state index is 0.0240. The fourth-order valence-corrected chi connectivity index (χ4v) is 2.65. The predicted octanol–water partition coefficient (Wildman–Crippen LogP) is 0.965. The molecule has 0 aromatic carbocycles. The SMILES string of the molecule is FC(F)(F)C1CNCCN1CC1CCCCN1. The van der Waals surface area contributed by atoms with Gasteiger partial charge in [0.25, 0.3) is 0 Å². The molecular formula is C11H20F3N3. The van der Waals surface area contributed by atoms with Crippen molar-refractivity contribution in [2.75, 3.05) is 32.7 Å². The van der Waals surface area contributed by atoms with Crippen molar-refractivity contribution in [2.45, 2.75) is 37.5 Å². The van der Waals surface area contributed by atoms with Crippen LogP contribution in [0, 0.1) is 0 Å². The summed E-state index contributed by atoms with van der Waals surface area (Å²) in [5.74, 6) is 0. The van der Waals surface area contributed by atoms with Crippen molar-refractivity contribution < 1.29 is 13.2 Å². The molecule has 2 aliphatic rings. The smallest absolute Gasteiger partial charge is 0.314 e. The number of piperidine rings is 1. The van der Waals surface area contributed by atoms with Crippen LogP contribution in [0.3, 0.4) is 0 Å². The minimum atomic E-state index is -4.12. The molecule has 0 aromatic heterocycles. The second-order valence-corrected chi connectivity index (χ2v) is 4.90. The van der Waals surface area contributed by atoms with Crippen molar-refractivity contribution in [1.82, 2.24) is 15.5 Å². The Morgan fingerprint density at radius 3 is 2.65 bits per heavy atom. The number of hydrogen-bond acceptors (Lipinski definition) is 3. The van der Waals surface area contributed by atoms with E-state index in [9.17, 15) is 13.2 Å². The molecule has 2 saturated heterocycles. The van der Waals surface area contributed by atoms with Gasteiger partial charge < -0.3 is 10.6 Å². The monoisotopic (exact) mass is 251 g/mol. The average molecular weight is 251 g/mol. The molecule has 2 unspecified atom stereocenters. The molecule has 3 nitrogen and oxygen atoms in total. The van der Waals surface area contributed by atoms with E-state index in [-0.39, 0.29) is 12.6 Å². The molecule has 100 valence electrons. The maximum atomic E-state index is 12.8. The third kappa shape index (κ3) is 3.56. The molecule has 6 heteroatoms.